The standard InChI is InChI=1S/C9H16O.2C8H15NO.2Mo.3O/c3*1-4-6-9(7-5-2)8(3)10;;;;;/h9H,1-2,4-7H2,3H3;2*1-2,4-7H2,3H3;;;;;/q3*-2;+2;+4;;;. The second-order valence-corrected chi connectivity index (χ2v) is 7.42. The predicted octanol–water partition coefficient (Wildman–Crippen LogP) is 4.63. The van der Waals surface area contributed by atoms with E-state index in [0.29, 0.717) is 19.8 Å². The van der Waals surface area contributed by atoms with Gasteiger partial charge in [-0.1, -0.05) is 12.8 Å². The first-order valence-electron chi connectivity index (χ1n) is 11.4. The number of hydrogen-bond acceptors (Lipinski definition) is 6. The van der Waals surface area contributed by atoms with Crippen LogP contribution in [0.15, 0.2) is 0 Å². The fraction of sp³-hybridized carbons (Fsp3) is 0.640. The Kier molecular flexibility index (Phi) is 48.1. The van der Waals surface area contributed by atoms with Gasteiger partial charge in [0.25, 0.3) is 0 Å². The van der Waals surface area contributed by atoms with Gasteiger partial charge in [-0.25, -0.2) is 0 Å². The number of amides is 2. The summed E-state index contributed by atoms with van der Waals surface area (Å²) in [4.78, 5) is 36.0. The average molecular weight is 663 g/mol. The summed E-state index contributed by atoms with van der Waals surface area (Å²) in [5, 5.41) is 0. The van der Waals surface area contributed by atoms with Gasteiger partial charge in [-0.05, 0) is 33.1 Å². The molecule has 10 heteroatoms. The molecule has 0 aromatic heterocycles. The van der Waals surface area contributed by atoms with Gasteiger partial charge in [0.2, 0.25) is 11.8 Å². The van der Waals surface area contributed by atoms with Crippen LogP contribution in [0.5, 0.6) is 0 Å². The SMILES string of the molecule is [CH2-]CCC(CC[CH2-])C(C)=O.[CH2-]CCN(CC[CH2-])C(C)=O.[CH2-]CCN(CC[CH2-])C(C)=O.[O]=[Mo+2]=[O].[O]=[Mo+4]. The van der Waals surface area contributed by atoms with Gasteiger partial charge >= 0.3 is 48.5 Å². The molecule has 0 fully saturated rings. The first-order chi connectivity index (χ1) is 16.6. The second kappa shape index (κ2) is 37.9. The minimum atomic E-state index is -2.03. The van der Waals surface area contributed by atoms with E-state index in [2.05, 4.69) is 41.5 Å². The van der Waals surface area contributed by atoms with Crippen LogP contribution in [0, 0.1) is 47.5 Å². The van der Waals surface area contributed by atoms with Crippen LogP contribution in [0.3, 0.4) is 0 Å². The monoisotopic (exact) mass is 666 g/mol. The average Bonchev–Trinajstić information content (AvgIpc) is 2.81. The number of carbonyl (C=O) groups is 3. The molecule has 35 heavy (non-hydrogen) atoms. The molecule has 0 unspecified atom stereocenters. The van der Waals surface area contributed by atoms with Gasteiger partial charge in [-0.15, -0.1) is 0 Å². The van der Waals surface area contributed by atoms with Crippen molar-refractivity contribution in [3.05, 3.63) is 41.5 Å². The Hall–Kier alpha value is -0.613. The van der Waals surface area contributed by atoms with Crippen LogP contribution in [0.4, 0.5) is 0 Å². The van der Waals surface area contributed by atoms with E-state index in [9.17, 15) is 14.4 Å². The van der Waals surface area contributed by atoms with Gasteiger partial charge in [-0.2, -0.15) is 38.5 Å². The molecule has 2 amide bonds. The van der Waals surface area contributed by atoms with Crippen molar-refractivity contribution in [2.75, 3.05) is 26.2 Å². The zero-order valence-corrected chi connectivity index (χ0v) is 26.0. The number of carbonyl (C=O) groups excluding carboxylic acids is 3. The first kappa shape index (κ1) is 44.4. The van der Waals surface area contributed by atoms with Gasteiger partial charge in [-0.3, -0.25) is 14.4 Å². The van der Waals surface area contributed by atoms with Crippen LogP contribution in [0.2, 0.25) is 0 Å². The van der Waals surface area contributed by atoms with E-state index >= 15 is 0 Å². The van der Waals surface area contributed by atoms with Gasteiger partial charge in [0.05, 0.1) is 0 Å². The minimum absolute atomic E-state index is 0.118. The first-order valence-corrected chi connectivity index (χ1v) is 13.9. The maximum atomic E-state index is 10.9. The van der Waals surface area contributed by atoms with Crippen LogP contribution in [-0.2, 0) is 62.8 Å². The van der Waals surface area contributed by atoms with E-state index in [4.69, 9.17) is 10.2 Å². The molecule has 0 N–H and O–H groups in total. The van der Waals surface area contributed by atoms with Gasteiger partial charge in [0, 0.05) is 19.8 Å². The van der Waals surface area contributed by atoms with Crippen molar-refractivity contribution in [1.82, 2.24) is 9.80 Å². The summed E-state index contributed by atoms with van der Waals surface area (Å²) in [5.74, 6) is 0.738. The van der Waals surface area contributed by atoms with Crippen LogP contribution in [0.1, 0.15) is 72.1 Å². The Bertz CT molecular complexity index is 450. The van der Waals surface area contributed by atoms with Gasteiger partial charge < -0.3 is 51.3 Å². The molecule has 0 bridgehead atoms. The Morgan fingerprint density at radius 3 is 0.971 bits per heavy atom. The van der Waals surface area contributed by atoms with Crippen LogP contribution >= 0.6 is 0 Å². The Balaban J connectivity index is -0.000000117. The van der Waals surface area contributed by atoms with Crippen molar-refractivity contribution < 1.29 is 62.8 Å². The third-order valence-electron chi connectivity index (χ3n) is 4.28. The van der Waals surface area contributed by atoms with Gasteiger partial charge in [0.15, 0.2) is 0 Å². The number of ketones is 1. The molecule has 204 valence electrons. The van der Waals surface area contributed by atoms with Crippen LogP contribution < -0.4 is 0 Å². The molecule has 0 radical (unpaired) electrons. The van der Waals surface area contributed by atoms with Crippen molar-refractivity contribution in [2.24, 2.45) is 5.92 Å². The number of nitrogens with zero attached hydrogens (tertiary/aromatic N) is 2. The molecule has 0 aromatic rings. The molecule has 0 aliphatic rings. The molecule has 0 aromatic carbocycles. The topological polar surface area (TPSA) is 109 Å². The van der Waals surface area contributed by atoms with E-state index < -0.39 is 18.5 Å². The second-order valence-electron chi connectivity index (χ2n) is 7.09. The van der Waals surface area contributed by atoms with E-state index in [1.54, 1.807) is 30.6 Å². The van der Waals surface area contributed by atoms with E-state index in [-0.39, 0.29) is 23.5 Å². The summed E-state index contributed by atoms with van der Waals surface area (Å²) < 4.78 is 25.3. The van der Waals surface area contributed by atoms with Crippen LogP contribution in [-0.4, -0.2) is 53.6 Å². The number of Topliss-reactive ketones (excluding diaryl/α,β-unsaturated/α-hetero) is 1. The third-order valence-corrected chi connectivity index (χ3v) is 4.28. The molecule has 0 saturated heterocycles. The molecule has 0 heterocycles. The molecule has 0 rings (SSSR count). The summed E-state index contributed by atoms with van der Waals surface area (Å²) in [7, 11) is 0. The number of rotatable bonds is 13. The molecule has 0 saturated carbocycles. The van der Waals surface area contributed by atoms with Crippen molar-refractivity contribution in [3.8, 4) is 0 Å². The number of hydrogen-bond donors (Lipinski definition) is 0. The molecule has 0 aliphatic carbocycles. The van der Waals surface area contributed by atoms with Crippen molar-refractivity contribution >= 4 is 17.6 Å². The zero-order chi connectivity index (χ0) is 28.7. The fourth-order valence-corrected chi connectivity index (χ4v) is 2.66. The van der Waals surface area contributed by atoms with Crippen molar-refractivity contribution in [3.63, 3.8) is 0 Å². The fourth-order valence-electron chi connectivity index (χ4n) is 2.66. The third kappa shape index (κ3) is 38.1. The molecule has 0 aliphatic heterocycles. The summed E-state index contributed by atoms with van der Waals surface area (Å²) in [6, 6.07) is 0. The normalized spacial score (nSPS) is 8.80. The molecule has 0 atom stereocenters. The van der Waals surface area contributed by atoms with Gasteiger partial charge in [0.1, 0.15) is 5.78 Å². The quantitative estimate of drug-likeness (QED) is 0.210. The molecular formula is C25H46Mo2N2O6. The summed E-state index contributed by atoms with van der Waals surface area (Å²) in [6.07, 6.45) is 6.66. The molecular weight excluding hydrogens is 616 g/mol. The molecule has 0 spiro atoms. The van der Waals surface area contributed by atoms with Crippen molar-refractivity contribution in [1.29, 1.82) is 0 Å². The maximum absolute atomic E-state index is 10.9. The van der Waals surface area contributed by atoms with E-state index in [1.807, 2.05) is 0 Å². The Labute approximate surface area is 235 Å². The van der Waals surface area contributed by atoms with Crippen LogP contribution in [0.25, 0.3) is 0 Å². The van der Waals surface area contributed by atoms with E-state index in [1.165, 1.54) is 0 Å². The van der Waals surface area contributed by atoms with E-state index in [0.717, 1.165) is 77.5 Å². The molecule has 8 nitrogen and oxygen atoms in total. The Morgan fingerprint density at radius 1 is 0.629 bits per heavy atom. The summed E-state index contributed by atoms with van der Waals surface area (Å²) >= 11 is -1.33. The zero-order valence-electron chi connectivity index (χ0n) is 22.0. The predicted molar refractivity (Wildman–Crippen MR) is 130 cm³/mol. The summed E-state index contributed by atoms with van der Waals surface area (Å²) in [6.45, 7) is 30.0. The van der Waals surface area contributed by atoms with Crippen molar-refractivity contribution in [2.45, 2.75) is 72.1 Å². The summed E-state index contributed by atoms with van der Waals surface area (Å²) in [5.41, 5.74) is 0. The Morgan fingerprint density at radius 2 is 0.857 bits per heavy atom.